The summed E-state index contributed by atoms with van der Waals surface area (Å²) in [6.45, 7) is 4.28. The van der Waals surface area contributed by atoms with Crippen LogP contribution < -0.4 is 5.73 Å². The van der Waals surface area contributed by atoms with Crippen LogP contribution in [0.3, 0.4) is 0 Å². The number of hydrogen-bond donors (Lipinski definition) is 1. The summed E-state index contributed by atoms with van der Waals surface area (Å²) >= 11 is 0. The van der Waals surface area contributed by atoms with Crippen molar-refractivity contribution in [3.63, 3.8) is 0 Å². The number of nitrogens with two attached hydrogens (primary N) is 1. The van der Waals surface area contributed by atoms with E-state index in [-0.39, 0.29) is 0 Å². The first-order chi connectivity index (χ1) is 6.04. The third-order valence-electron chi connectivity index (χ3n) is 1.66. The summed E-state index contributed by atoms with van der Waals surface area (Å²) in [4.78, 5) is 8.37. The van der Waals surface area contributed by atoms with Gasteiger partial charge in [-0.2, -0.15) is 0 Å². The Kier molecular flexibility index (Phi) is 2.95. The monoisotopic (exact) mass is 181 g/mol. The molecule has 4 heteroatoms. The van der Waals surface area contributed by atoms with Crippen LogP contribution in [0.1, 0.15) is 25.2 Å². The van der Waals surface area contributed by atoms with E-state index in [9.17, 15) is 0 Å². The van der Waals surface area contributed by atoms with Crippen LogP contribution in [0.4, 0.5) is 0 Å². The summed E-state index contributed by atoms with van der Waals surface area (Å²) in [6.07, 6.45) is 3.38. The number of ether oxygens (including phenoxy) is 1. The Bertz CT molecular complexity index is 263. The van der Waals surface area contributed by atoms with Gasteiger partial charge in [-0.15, -0.1) is 0 Å². The molecule has 0 spiro atoms. The van der Waals surface area contributed by atoms with Gasteiger partial charge >= 0.3 is 0 Å². The highest BCUT2D eigenvalue weighted by Gasteiger charge is 2.15. The number of hydrogen-bond acceptors (Lipinski definition) is 4. The van der Waals surface area contributed by atoms with Crippen molar-refractivity contribution < 1.29 is 4.74 Å². The smallest absolute Gasteiger partial charge is 0.0899 e. The average molecular weight is 181 g/mol. The summed E-state index contributed by atoms with van der Waals surface area (Å²) in [5.41, 5.74) is 7.01. The zero-order valence-corrected chi connectivity index (χ0v) is 8.24. The third-order valence-corrected chi connectivity index (χ3v) is 1.66. The van der Waals surface area contributed by atoms with Crippen molar-refractivity contribution in [2.24, 2.45) is 5.73 Å². The molecule has 0 fully saturated rings. The lowest BCUT2D eigenvalue weighted by Gasteiger charge is -2.16. The fourth-order valence-corrected chi connectivity index (χ4v) is 0.910. The highest BCUT2D eigenvalue weighted by atomic mass is 16.5. The van der Waals surface area contributed by atoms with Crippen molar-refractivity contribution in [1.29, 1.82) is 0 Å². The summed E-state index contributed by atoms with van der Waals surface area (Å²) in [6, 6.07) is 0. The first kappa shape index (κ1) is 10.1. The second-order valence-electron chi connectivity index (χ2n) is 3.55. The fourth-order valence-electron chi connectivity index (χ4n) is 0.910. The van der Waals surface area contributed by atoms with Gasteiger partial charge in [-0.3, -0.25) is 9.97 Å². The molecule has 0 bridgehead atoms. The molecule has 0 radical (unpaired) electrons. The normalized spacial score (nSPS) is 11.7. The van der Waals surface area contributed by atoms with Gasteiger partial charge in [0.15, 0.2) is 0 Å². The predicted octanol–water partition coefficient (Wildman–Crippen LogP) is 0.817. The molecule has 1 aromatic heterocycles. The first-order valence-corrected chi connectivity index (χ1v) is 4.13. The largest absolute Gasteiger partial charge is 0.378 e. The van der Waals surface area contributed by atoms with E-state index in [1.165, 1.54) is 0 Å². The molecule has 0 atom stereocenters. The van der Waals surface area contributed by atoms with E-state index in [4.69, 9.17) is 10.5 Å². The zero-order chi connectivity index (χ0) is 9.90. The highest BCUT2D eigenvalue weighted by Crippen LogP contribution is 2.12. The molecule has 13 heavy (non-hydrogen) atoms. The van der Waals surface area contributed by atoms with Gasteiger partial charge < -0.3 is 10.5 Å². The molecule has 72 valence electrons. The van der Waals surface area contributed by atoms with Gasteiger partial charge in [-0.05, 0) is 13.8 Å². The third kappa shape index (κ3) is 2.75. The number of aromatic nitrogens is 2. The van der Waals surface area contributed by atoms with Crippen molar-refractivity contribution >= 4 is 0 Å². The maximum Gasteiger partial charge on any atom is 0.0899 e. The molecule has 0 aliphatic rings. The second kappa shape index (κ2) is 3.81. The molecule has 1 aromatic rings. The summed E-state index contributed by atoms with van der Waals surface area (Å²) in [5, 5.41) is 0. The van der Waals surface area contributed by atoms with E-state index in [2.05, 4.69) is 9.97 Å². The Morgan fingerprint density at radius 3 is 2.46 bits per heavy atom. The average Bonchev–Trinajstić information content (AvgIpc) is 2.04. The van der Waals surface area contributed by atoms with Crippen LogP contribution >= 0.6 is 0 Å². The van der Waals surface area contributed by atoms with Crippen molar-refractivity contribution in [3.05, 3.63) is 23.8 Å². The van der Waals surface area contributed by atoms with E-state index in [1.807, 2.05) is 13.8 Å². The minimum atomic E-state index is -0.432. The Labute approximate surface area is 78.1 Å². The Morgan fingerprint density at radius 2 is 2.08 bits per heavy atom. The van der Waals surface area contributed by atoms with E-state index >= 15 is 0 Å². The van der Waals surface area contributed by atoms with Crippen molar-refractivity contribution in [3.8, 4) is 0 Å². The van der Waals surface area contributed by atoms with E-state index in [1.54, 1.807) is 19.5 Å². The molecule has 0 aromatic carbocycles. The van der Waals surface area contributed by atoms with Crippen LogP contribution in [0.5, 0.6) is 0 Å². The molecule has 1 rings (SSSR count). The van der Waals surface area contributed by atoms with Gasteiger partial charge in [0.2, 0.25) is 0 Å². The maximum absolute atomic E-state index is 5.85. The van der Waals surface area contributed by atoms with Gasteiger partial charge in [0.05, 0.1) is 35.9 Å². The van der Waals surface area contributed by atoms with Crippen molar-refractivity contribution in [2.75, 3.05) is 7.11 Å². The van der Waals surface area contributed by atoms with Gasteiger partial charge in [0.25, 0.3) is 0 Å². The van der Waals surface area contributed by atoms with Crippen LogP contribution in [0.15, 0.2) is 12.4 Å². The molecule has 1 heterocycles. The minimum Gasteiger partial charge on any atom is -0.378 e. The van der Waals surface area contributed by atoms with Crippen LogP contribution in [0, 0.1) is 0 Å². The number of nitrogens with zero attached hydrogens (tertiary/aromatic N) is 2. The van der Waals surface area contributed by atoms with Gasteiger partial charge in [-0.25, -0.2) is 0 Å². The van der Waals surface area contributed by atoms with Crippen LogP contribution in [0.2, 0.25) is 0 Å². The van der Waals surface area contributed by atoms with Gasteiger partial charge in [-0.1, -0.05) is 0 Å². The predicted molar refractivity (Wildman–Crippen MR) is 50.0 cm³/mol. The molecule has 0 saturated heterocycles. The summed E-state index contributed by atoms with van der Waals surface area (Å²) in [5.74, 6) is 0. The quantitative estimate of drug-likeness (QED) is 0.749. The summed E-state index contributed by atoms with van der Waals surface area (Å²) < 4.78 is 4.92. The van der Waals surface area contributed by atoms with Gasteiger partial charge in [0.1, 0.15) is 0 Å². The van der Waals surface area contributed by atoms with E-state index < -0.39 is 5.54 Å². The Hall–Kier alpha value is -1.00. The molecule has 0 unspecified atom stereocenters. The summed E-state index contributed by atoms with van der Waals surface area (Å²) in [7, 11) is 1.63. The molecule has 0 amide bonds. The first-order valence-electron chi connectivity index (χ1n) is 4.13. The minimum absolute atomic E-state index is 0.432. The molecular weight excluding hydrogens is 166 g/mol. The maximum atomic E-state index is 5.85. The van der Waals surface area contributed by atoms with Crippen LogP contribution in [0.25, 0.3) is 0 Å². The molecular formula is C9H15N3O. The second-order valence-corrected chi connectivity index (χ2v) is 3.55. The fraction of sp³-hybridized carbons (Fsp3) is 0.556. The molecule has 0 aliphatic carbocycles. The SMILES string of the molecule is COCc1cnc(C(C)(C)N)cn1. The van der Waals surface area contributed by atoms with Crippen LogP contribution in [-0.4, -0.2) is 17.1 Å². The number of rotatable bonds is 3. The Morgan fingerprint density at radius 1 is 1.38 bits per heavy atom. The van der Waals surface area contributed by atoms with E-state index in [0.29, 0.717) is 6.61 Å². The Balaban J connectivity index is 2.81. The lowest BCUT2D eigenvalue weighted by molar-refractivity contribution is 0.181. The van der Waals surface area contributed by atoms with Crippen LogP contribution in [-0.2, 0) is 16.9 Å². The van der Waals surface area contributed by atoms with E-state index in [0.717, 1.165) is 11.4 Å². The zero-order valence-electron chi connectivity index (χ0n) is 8.24. The van der Waals surface area contributed by atoms with Crippen molar-refractivity contribution in [1.82, 2.24) is 9.97 Å². The lowest BCUT2D eigenvalue weighted by Crippen LogP contribution is -2.30. The molecule has 4 nitrogen and oxygen atoms in total. The highest BCUT2D eigenvalue weighted by molar-refractivity contribution is 5.09. The lowest BCUT2D eigenvalue weighted by atomic mass is 10.0. The number of methoxy groups -OCH3 is 1. The standard InChI is InChI=1S/C9H15N3O/c1-9(2,10)8-5-11-7(4-12-8)6-13-3/h4-5H,6,10H2,1-3H3. The van der Waals surface area contributed by atoms with Crippen molar-refractivity contribution in [2.45, 2.75) is 26.0 Å². The molecule has 0 aliphatic heterocycles. The molecule has 0 saturated carbocycles. The molecule has 2 N–H and O–H groups in total. The topological polar surface area (TPSA) is 61.0 Å². The van der Waals surface area contributed by atoms with Gasteiger partial charge in [0, 0.05) is 7.11 Å².